The number of rotatable bonds is 2. The summed E-state index contributed by atoms with van der Waals surface area (Å²) in [5.74, 6) is 0.737. The first kappa shape index (κ1) is 19.4. The summed E-state index contributed by atoms with van der Waals surface area (Å²) in [6.07, 6.45) is 0. The minimum absolute atomic E-state index is 0.0156. The number of anilines is 1. The third-order valence-electron chi connectivity index (χ3n) is 5.68. The Morgan fingerprint density at radius 2 is 1.80 bits per heavy atom. The third kappa shape index (κ3) is 2.75. The molecular weight excluding hydrogens is 430 g/mol. The Labute approximate surface area is 187 Å². The molecule has 1 aliphatic rings. The quantitative estimate of drug-likeness (QED) is 0.238. The summed E-state index contributed by atoms with van der Waals surface area (Å²) in [6.45, 7) is 4.19. The summed E-state index contributed by atoms with van der Waals surface area (Å²) < 4.78 is 6.33. The molecule has 150 valence electrons. The number of hydrogen-bond donors (Lipinski definition) is 0. The molecule has 0 N–H and O–H groups in total. The average molecular weight is 450 g/mol. The van der Waals surface area contributed by atoms with Crippen molar-refractivity contribution in [2.24, 2.45) is 0 Å². The molecule has 4 aromatic rings. The molecule has 0 atom stereocenters. The maximum absolute atomic E-state index is 14.0. The fourth-order valence-corrected chi connectivity index (χ4v) is 7.51. The molecule has 0 bridgehead atoms. The molecule has 3 aromatic carbocycles. The average Bonchev–Trinajstić information content (AvgIpc) is 3.15. The van der Waals surface area contributed by atoms with Gasteiger partial charge in [0.1, 0.15) is 9.57 Å². The Morgan fingerprint density at radius 1 is 1.03 bits per heavy atom. The van der Waals surface area contributed by atoms with Crippen LogP contribution in [0.1, 0.15) is 29.1 Å². The minimum atomic E-state index is -0.525. The van der Waals surface area contributed by atoms with E-state index in [1.807, 2.05) is 65.6 Å². The molecule has 30 heavy (non-hydrogen) atoms. The van der Waals surface area contributed by atoms with Gasteiger partial charge in [0.15, 0.2) is 0 Å². The van der Waals surface area contributed by atoms with Gasteiger partial charge in [0.25, 0.3) is 5.91 Å². The van der Waals surface area contributed by atoms with Crippen molar-refractivity contribution in [2.75, 3.05) is 12.0 Å². The van der Waals surface area contributed by atoms with Crippen LogP contribution in [0.3, 0.4) is 0 Å². The predicted molar refractivity (Wildman–Crippen MR) is 129 cm³/mol. The number of carbonyl (C=O) groups excluding carboxylic acids is 1. The Hall–Kier alpha value is -2.54. The number of ether oxygens (including phenoxy) is 1. The maximum Gasteiger partial charge on any atom is 0.259 e. The SMILES string of the molecule is COc1ccc2c(c1)-c1c(ssc1=S)C(C)(C)N2C(=O)c1cccc2ccccc12. The molecule has 0 saturated heterocycles. The fourth-order valence-electron chi connectivity index (χ4n) is 4.23. The van der Waals surface area contributed by atoms with Crippen molar-refractivity contribution in [3.05, 3.63) is 74.9 Å². The van der Waals surface area contributed by atoms with Crippen LogP contribution in [0.4, 0.5) is 5.69 Å². The van der Waals surface area contributed by atoms with Crippen LogP contribution < -0.4 is 9.64 Å². The highest BCUT2D eigenvalue weighted by atomic mass is 32.9. The van der Waals surface area contributed by atoms with Gasteiger partial charge in [-0.25, -0.2) is 0 Å². The summed E-state index contributed by atoms with van der Waals surface area (Å²) in [7, 11) is 4.90. The molecule has 6 heteroatoms. The number of methoxy groups -OCH3 is 1. The Kier molecular flexibility index (Phi) is 4.54. The zero-order valence-corrected chi connectivity index (χ0v) is 19.2. The number of fused-ring (bicyclic) bond motifs is 4. The first-order valence-electron chi connectivity index (χ1n) is 9.58. The Bertz CT molecular complexity index is 1360. The number of benzene rings is 3. The normalized spacial score (nSPS) is 14.3. The van der Waals surface area contributed by atoms with Crippen molar-refractivity contribution >= 4 is 55.3 Å². The van der Waals surface area contributed by atoms with Gasteiger partial charge in [0, 0.05) is 16.7 Å². The monoisotopic (exact) mass is 449 g/mol. The molecule has 0 fully saturated rings. The van der Waals surface area contributed by atoms with Gasteiger partial charge in [-0.3, -0.25) is 9.69 Å². The van der Waals surface area contributed by atoms with Gasteiger partial charge in [0.2, 0.25) is 0 Å². The second kappa shape index (κ2) is 7.01. The summed E-state index contributed by atoms with van der Waals surface area (Å²) in [5, 5.41) is 2.01. The van der Waals surface area contributed by atoms with E-state index in [0.717, 1.165) is 42.0 Å². The van der Waals surface area contributed by atoms with Gasteiger partial charge in [-0.05, 0) is 48.9 Å². The van der Waals surface area contributed by atoms with Crippen LogP contribution in [0.25, 0.3) is 21.9 Å². The summed E-state index contributed by atoms with van der Waals surface area (Å²) >= 11 is 5.68. The lowest BCUT2D eigenvalue weighted by molar-refractivity contribution is 0.0963. The van der Waals surface area contributed by atoms with Crippen LogP contribution in [0.15, 0.2) is 60.7 Å². The Balaban J connectivity index is 1.78. The molecule has 0 unspecified atom stereocenters. The van der Waals surface area contributed by atoms with Crippen LogP contribution in [0.2, 0.25) is 0 Å². The lowest BCUT2D eigenvalue weighted by atomic mass is 9.86. The first-order valence-corrected chi connectivity index (χ1v) is 12.1. The minimum Gasteiger partial charge on any atom is -0.497 e. The van der Waals surface area contributed by atoms with E-state index in [1.54, 1.807) is 27.8 Å². The van der Waals surface area contributed by atoms with Crippen LogP contribution in [-0.4, -0.2) is 13.0 Å². The topological polar surface area (TPSA) is 29.5 Å². The van der Waals surface area contributed by atoms with E-state index in [1.165, 1.54) is 0 Å². The van der Waals surface area contributed by atoms with E-state index in [0.29, 0.717) is 5.56 Å². The molecule has 5 rings (SSSR count). The van der Waals surface area contributed by atoms with Crippen molar-refractivity contribution < 1.29 is 9.53 Å². The number of amides is 1. The second-order valence-electron chi connectivity index (χ2n) is 7.77. The van der Waals surface area contributed by atoms with E-state index in [4.69, 9.17) is 17.0 Å². The fraction of sp³-hybridized carbons (Fsp3) is 0.167. The maximum atomic E-state index is 14.0. The van der Waals surface area contributed by atoms with Crippen molar-refractivity contribution in [1.29, 1.82) is 0 Å². The molecule has 2 heterocycles. The number of hydrogen-bond acceptors (Lipinski definition) is 5. The van der Waals surface area contributed by atoms with E-state index < -0.39 is 5.54 Å². The highest BCUT2D eigenvalue weighted by Crippen LogP contribution is 2.53. The van der Waals surface area contributed by atoms with Crippen LogP contribution >= 0.6 is 32.9 Å². The van der Waals surface area contributed by atoms with Crippen LogP contribution in [0, 0.1) is 3.82 Å². The molecule has 1 aromatic heterocycles. The zero-order valence-electron chi connectivity index (χ0n) is 16.8. The lowest BCUT2D eigenvalue weighted by Crippen LogP contribution is -2.47. The molecular formula is C24H19NO2S3. The van der Waals surface area contributed by atoms with E-state index in [-0.39, 0.29) is 5.91 Å². The van der Waals surface area contributed by atoms with Crippen LogP contribution in [-0.2, 0) is 5.54 Å². The van der Waals surface area contributed by atoms with Gasteiger partial charge in [0.05, 0.1) is 23.2 Å². The van der Waals surface area contributed by atoms with Crippen molar-refractivity contribution in [3.8, 4) is 16.9 Å². The third-order valence-corrected chi connectivity index (χ3v) is 9.01. The molecule has 1 aliphatic heterocycles. The van der Waals surface area contributed by atoms with E-state index in [2.05, 4.69) is 13.8 Å². The van der Waals surface area contributed by atoms with E-state index >= 15 is 0 Å². The predicted octanol–water partition coefficient (Wildman–Crippen LogP) is 7.26. The van der Waals surface area contributed by atoms with Crippen molar-refractivity contribution in [2.45, 2.75) is 19.4 Å². The smallest absolute Gasteiger partial charge is 0.259 e. The molecule has 3 nitrogen and oxygen atoms in total. The zero-order chi connectivity index (χ0) is 21.0. The molecule has 0 saturated carbocycles. The molecule has 1 amide bonds. The molecule has 0 spiro atoms. The standard InChI is InChI=1S/C24H19NO2S3/c1-24(2)21-20(23(28)30-29-21)18-13-15(27-3)11-12-19(18)25(24)22(26)17-10-6-8-14-7-4-5-9-16(14)17/h4-13H,1-3H3. The Morgan fingerprint density at radius 3 is 2.60 bits per heavy atom. The summed E-state index contributed by atoms with van der Waals surface area (Å²) in [6, 6.07) is 19.8. The van der Waals surface area contributed by atoms with Crippen LogP contribution in [0.5, 0.6) is 5.75 Å². The van der Waals surface area contributed by atoms with Crippen molar-refractivity contribution in [1.82, 2.24) is 0 Å². The van der Waals surface area contributed by atoms with E-state index in [9.17, 15) is 4.79 Å². The van der Waals surface area contributed by atoms with Crippen molar-refractivity contribution in [3.63, 3.8) is 0 Å². The highest BCUT2D eigenvalue weighted by Gasteiger charge is 2.43. The highest BCUT2D eigenvalue weighted by molar-refractivity contribution is 7.80. The van der Waals surface area contributed by atoms with Gasteiger partial charge in [-0.15, -0.1) is 0 Å². The molecule has 0 aliphatic carbocycles. The lowest BCUT2D eigenvalue weighted by Gasteiger charge is -2.43. The van der Waals surface area contributed by atoms with Gasteiger partial charge in [-0.1, -0.05) is 69.3 Å². The first-order chi connectivity index (χ1) is 14.4. The second-order valence-corrected chi connectivity index (χ2v) is 10.6. The van der Waals surface area contributed by atoms with Gasteiger partial charge in [-0.2, -0.15) is 0 Å². The number of carbonyl (C=O) groups is 1. The largest absolute Gasteiger partial charge is 0.497 e. The molecule has 0 radical (unpaired) electrons. The van der Waals surface area contributed by atoms with Gasteiger partial charge < -0.3 is 4.74 Å². The van der Waals surface area contributed by atoms with Gasteiger partial charge >= 0.3 is 0 Å². The number of nitrogens with zero attached hydrogens (tertiary/aromatic N) is 1. The summed E-state index contributed by atoms with van der Waals surface area (Å²) in [4.78, 5) is 17.1. The summed E-state index contributed by atoms with van der Waals surface area (Å²) in [5.41, 5.74) is 3.05.